The summed E-state index contributed by atoms with van der Waals surface area (Å²) in [6.45, 7) is 11.8. The normalized spacial score (nSPS) is 14.7. The number of amides is 4. The van der Waals surface area contributed by atoms with E-state index >= 15 is 0 Å². The Hall–Kier alpha value is -1.81. The molecule has 0 heterocycles. The highest BCUT2D eigenvalue weighted by atomic mass is 31.2. The highest BCUT2D eigenvalue weighted by Gasteiger charge is 2.27. The van der Waals surface area contributed by atoms with Gasteiger partial charge < -0.3 is 60.2 Å². The van der Waals surface area contributed by atoms with Crippen LogP contribution in [0.25, 0.3) is 0 Å². The van der Waals surface area contributed by atoms with Crippen molar-refractivity contribution in [3.8, 4) is 0 Å². The Morgan fingerprint density at radius 3 is 0.821 bits per heavy atom. The summed E-state index contributed by atoms with van der Waals surface area (Å²) in [4.78, 5) is 60.8. The number of hydrogen-bond donors (Lipinski definition) is 8. The number of rotatable bonds is 86. The minimum Gasteiger partial charge on any atom is -0.379 e. The molecule has 0 saturated heterocycles. The van der Waals surface area contributed by atoms with Crippen molar-refractivity contribution in [2.75, 3.05) is 65.9 Å². The standard InChI is InChI=1S/C83H168N4O17P2/c1-7-13-19-25-29-33-35-39-41-47-53-59-79(88)86-75(71-97-67-63-77(57-51-45-23-17-11-5)103-81(90)61-55-49-43-37-31-27-21-15-9-3)73-101-105(93,94)99-69-65-84-83(92)85-66-70-100-106(95,96)102-74-76(87-80(89)60-54-48-42-40-36-34-30-26-20-14-8-2)72-98-68-64-78(58-52-46-24-18-12-6)104-82(91)62-56-50-44-38-32-28-22-16-10-4/h75-78,81-82,90-91H,7-74H2,1-6H3,(H,86,88)(H,87,89)(H,93,94)(H,95,96)(H2,84,85,92)/t75?,76?,77-,78-,81?,82?/m1/s1. The second-order valence-corrected chi connectivity index (χ2v) is 33.2. The zero-order valence-electron chi connectivity index (χ0n) is 69.0. The lowest BCUT2D eigenvalue weighted by molar-refractivity contribution is -0.148. The summed E-state index contributed by atoms with van der Waals surface area (Å²) >= 11 is 0. The number of phosphoric acid groups is 2. The van der Waals surface area contributed by atoms with Gasteiger partial charge in [0.1, 0.15) is 0 Å². The maximum Gasteiger partial charge on any atom is 0.472 e. The second kappa shape index (κ2) is 78.5. The summed E-state index contributed by atoms with van der Waals surface area (Å²) in [5.74, 6) is -0.432. The van der Waals surface area contributed by atoms with Gasteiger partial charge in [-0.1, -0.05) is 337 Å². The first-order chi connectivity index (χ1) is 51.5. The van der Waals surface area contributed by atoms with E-state index in [1.165, 1.54) is 180 Å². The molecule has 632 valence electrons. The Balaban J connectivity index is 5.56. The number of aliphatic hydroxyl groups excluding tert-OH is 2. The predicted molar refractivity (Wildman–Crippen MR) is 434 cm³/mol. The smallest absolute Gasteiger partial charge is 0.379 e. The molecule has 0 fully saturated rings. The van der Waals surface area contributed by atoms with Crippen molar-refractivity contribution in [3.05, 3.63) is 0 Å². The molecular weight excluding hydrogens is 1390 g/mol. The van der Waals surface area contributed by atoms with Crippen molar-refractivity contribution in [1.29, 1.82) is 0 Å². The highest BCUT2D eigenvalue weighted by molar-refractivity contribution is 7.47. The molecule has 8 N–H and O–H groups in total. The molecule has 0 bridgehead atoms. The minimum absolute atomic E-state index is 0.00578. The van der Waals surface area contributed by atoms with E-state index in [0.717, 1.165) is 141 Å². The van der Waals surface area contributed by atoms with Crippen LogP contribution in [0.15, 0.2) is 0 Å². The molecule has 0 rings (SSSR count). The Labute approximate surface area is 649 Å². The van der Waals surface area contributed by atoms with Gasteiger partial charge in [0.25, 0.3) is 0 Å². The third-order valence-electron chi connectivity index (χ3n) is 19.8. The lowest BCUT2D eigenvalue weighted by Gasteiger charge is -2.23. The summed E-state index contributed by atoms with van der Waals surface area (Å²) < 4.78 is 72.2. The Bertz CT molecular complexity index is 1870. The topological polar surface area (TPSA) is 288 Å². The van der Waals surface area contributed by atoms with Crippen LogP contribution < -0.4 is 21.3 Å². The Morgan fingerprint density at radius 2 is 0.547 bits per heavy atom. The predicted octanol–water partition coefficient (Wildman–Crippen LogP) is 21.7. The number of ether oxygens (including phenoxy) is 4. The van der Waals surface area contributed by atoms with Crippen LogP contribution >= 0.6 is 15.6 Å². The van der Waals surface area contributed by atoms with Crippen LogP contribution in [0.4, 0.5) is 4.79 Å². The van der Waals surface area contributed by atoms with Gasteiger partial charge in [0.2, 0.25) is 11.8 Å². The van der Waals surface area contributed by atoms with Crippen molar-refractivity contribution < 1.29 is 80.6 Å². The molecule has 0 aliphatic heterocycles. The monoisotopic (exact) mass is 1560 g/mol. The van der Waals surface area contributed by atoms with Crippen molar-refractivity contribution in [1.82, 2.24) is 21.3 Å². The fraction of sp³-hybridized carbons (Fsp3) is 0.964. The molecule has 0 aromatic rings. The van der Waals surface area contributed by atoms with E-state index in [2.05, 4.69) is 62.8 Å². The molecule has 6 unspecified atom stereocenters. The molecule has 0 saturated carbocycles. The van der Waals surface area contributed by atoms with E-state index < -0.39 is 59.6 Å². The van der Waals surface area contributed by atoms with Crippen LogP contribution in [0, 0.1) is 0 Å². The van der Waals surface area contributed by atoms with E-state index in [-0.39, 0.29) is 76.8 Å². The molecular formula is C83H168N4O17P2. The number of hydrogen-bond acceptors (Lipinski definition) is 15. The number of carbonyl (C=O) groups is 3. The quantitative estimate of drug-likeness (QED) is 0.0160. The van der Waals surface area contributed by atoms with Crippen LogP contribution in [0.2, 0.25) is 0 Å². The molecule has 23 heteroatoms. The van der Waals surface area contributed by atoms with Gasteiger partial charge in [-0.05, 0) is 64.2 Å². The van der Waals surface area contributed by atoms with Gasteiger partial charge in [0, 0.05) is 39.1 Å². The zero-order valence-corrected chi connectivity index (χ0v) is 70.8. The lowest BCUT2D eigenvalue weighted by Crippen LogP contribution is -2.41. The summed E-state index contributed by atoms with van der Waals surface area (Å²) in [7, 11) is -9.38. The maximum atomic E-state index is 13.3. The van der Waals surface area contributed by atoms with Gasteiger partial charge in [0.05, 0.1) is 63.9 Å². The van der Waals surface area contributed by atoms with E-state index in [4.69, 9.17) is 37.0 Å². The number of nitrogens with one attached hydrogen (secondary N) is 4. The average Bonchev–Trinajstić information content (AvgIpc) is 0.919. The van der Waals surface area contributed by atoms with Crippen molar-refractivity contribution >= 4 is 33.5 Å². The van der Waals surface area contributed by atoms with Crippen LogP contribution in [0.5, 0.6) is 0 Å². The van der Waals surface area contributed by atoms with Gasteiger partial charge in [0.15, 0.2) is 12.6 Å². The average molecular weight is 1560 g/mol. The van der Waals surface area contributed by atoms with E-state index in [1.54, 1.807) is 0 Å². The van der Waals surface area contributed by atoms with Gasteiger partial charge in [-0.15, -0.1) is 0 Å². The lowest BCUT2D eigenvalue weighted by atomic mass is 10.1. The van der Waals surface area contributed by atoms with Crippen molar-refractivity contribution in [2.45, 2.75) is 451 Å². The third-order valence-corrected chi connectivity index (χ3v) is 21.7. The fourth-order valence-electron chi connectivity index (χ4n) is 13.2. The van der Waals surface area contributed by atoms with Gasteiger partial charge in [-0.3, -0.25) is 27.7 Å². The van der Waals surface area contributed by atoms with Crippen LogP contribution in [-0.4, -0.2) is 141 Å². The molecule has 106 heavy (non-hydrogen) atoms. The molecule has 0 radical (unpaired) electrons. The number of urea groups is 1. The number of aliphatic hydroxyl groups is 2. The Morgan fingerprint density at radius 1 is 0.302 bits per heavy atom. The van der Waals surface area contributed by atoms with Crippen molar-refractivity contribution in [2.24, 2.45) is 0 Å². The van der Waals surface area contributed by atoms with Crippen LogP contribution in [-0.2, 0) is 55.8 Å². The molecule has 8 atom stereocenters. The highest BCUT2D eigenvalue weighted by Crippen LogP contribution is 2.44. The van der Waals surface area contributed by atoms with E-state index in [1.807, 2.05) is 0 Å². The summed E-state index contributed by atoms with van der Waals surface area (Å²) in [6.07, 6.45) is 60.1. The van der Waals surface area contributed by atoms with Gasteiger partial charge in [-0.2, -0.15) is 0 Å². The first kappa shape index (κ1) is 104. The van der Waals surface area contributed by atoms with Crippen molar-refractivity contribution in [3.63, 3.8) is 0 Å². The maximum absolute atomic E-state index is 13.3. The first-order valence-electron chi connectivity index (χ1n) is 44.2. The number of phosphoric ester groups is 2. The van der Waals surface area contributed by atoms with E-state index in [9.17, 15) is 43.5 Å². The number of carbonyl (C=O) groups excluding carboxylic acids is 3. The van der Waals surface area contributed by atoms with Crippen LogP contribution in [0.1, 0.15) is 414 Å². The van der Waals surface area contributed by atoms with Crippen LogP contribution in [0.3, 0.4) is 0 Å². The molecule has 0 aliphatic carbocycles. The molecule has 0 aromatic carbocycles. The minimum atomic E-state index is -4.69. The fourth-order valence-corrected chi connectivity index (χ4v) is 14.7. The molecule has 4 amide bonds. The molecule has 0 aliphatic rings. The largest absolute Gasteiger partial charge is 0.472 e. The van der Waals surface area contributed by atoms with Gasteiger partial charge in [-0.25, -0.2) is 13.9 Å². The zero-order chi connectivity index (χ0) is 77.8. The SMILES string of the molecule is CCCCCCCCCCCCCC(=O)NC(COCC[C@@H](CCCCCCC)OC(O)CCCCCCCCCCC)COP(=O)(O)OCCNC(=O)NCCOP(=O)(O)OCC(COCC[C@@H](CCCCCCC)OC(O)CCCCCCCCCCC)NC(=O)CCCCCCCCCCCCC. The summed E-state index contributed by atoms with van der Waals surface area (Å²) in [5.41, 5.74) is 0. The molecule has 0 aromatic heterocycles. The number of unbranched alkanes of at least 4 members (excludes halogenated alkanes) is 44. The van der Waals surface area contributed by atoms with Gasteiger partial charge >= 0.3 is 21.7 Å². The third kappa shape index (κ3) is 74.9. The summed E-state index contributed by atoms with van der Waals surface area (Å²) in [5, 5.41) is 32.8. The second-order valence-electron chi connectivity index (χ2n) is 30.3. The Kier molecular flexibility index (Phi) is 77.1. The summed E-state index contributed by atoms with van der Waals surface area (Å²) in [6, 6.07) is -2.27. The molecule has 21 nitrogen and oxygen atoms in total. The first-order valence-corrected chi connectivity index (χ1v) is 47.2. The molecule has 0 spiro atoms. The van der Waals surface area contributed by atoms with E-state index in [0.29, 0.717) is 51.4 Å².